The Morgan fingerprint density at radius 3 is 3.00 bits per heavy atom. The molecule has 1 heterocycles. The molecule has 0 amide bonds. The summed E-state index contributed by atoms with van der Waals surface area (Å²) in [6.07, 6.45) is 0.176. The number of carboxylic acid groups (broad SMARTS) is 1. The van der Waals surface area contributed by atoms with Crippen molar-refractivity contribution in [1.29, 1.82) is 0 Å². The summed E-state index contributed by atoms with van der Waals surface area (Å²) in [4.78, 5) is 13.1. The van der Waals surface area contributed by atoms with E-state index in [1.165, 1.54) is 11.3 Å². The van der Waals surface area contributed by atoms with Gasteiger partial charge in [0.2, 0.25) is 0 Å². The monoisotopic (exact) mass is 248 g/mol. The highest BCUT2D eigenvalue weighted by molar-refractivity contribution is 5.67. The van der Waals surface area contributed by atoms with E-state index >= 15 is 0 Å². The van der Waals surface area contributed by atoms with E-state index in [0.717, 1.165) is 13.1 Å². The number of nitrogens with zero attached hydrogens (tertiary/aromatic N) is 1. The van der Waals surface area contributed by atoms with Crippen molar-refractivity contribution in [3.63, 3.8) is 0 Å². The summed E-state index contributed by atoms with van der Waals surface area (Å²) in [6, 6.07) is 8.78. The second-order valence-corrected chi connectivity index (χ2v) is 5.04. The zero-order valence-electron chi connectivity index (χ0n) is 10.9. The minimum Gasteiger partial charge on any atom is -0.481 e. The predicted molar refractivity (Wildman–Crippen MR) is 72.0 cm³/mol. The zero-order chi connectivity index (χ0) is 13.1. The fraction of sp³-hybridized carbons (Fsp3) is 0.500. The summed E-state index contributed by atoms with van der Waals surface area (Å²) in [5.41, 5.74) is 2.41. The van der Waals surface area contributed by atoms with Crippen LogP contribution in [-0.2, 0) is 4.79 Å². The lowest BCUT2D eigenvalue weighted by Gasteiger charge is -2.40. The first-order valence-electron chi connectivity index (χ1n) is 6.35. The van der Waals surface area contributed by atoms with Crippen molar-refractivity contribution in [2.45, 2.75) is 32.4 Å². The lowest BCUT2D eigenvalue weighted by Crippen LogP contribution is -2.56. The van der Waals surface area contributed by atoms with Crippen molar-refractivity contribution in [1.82, 2.24) is 5.32 Å². The smallest absolute Gasteiger partial charge is 0.304 e. The number of carboxylic acids is 1. The van der Waals surface area contributed by atoms with Gasteiger partial charge in [0, 0.05) is 30.9 Å². The van der Waals surface area contributed by atoms with Crippen LogP contribution in [-0.4, -0.2) is 36.2 Å². The van der Waals surface area contributed by atoms with Crippen LogP contribution in [0.3, 0.4) is 0 Å². The third-order valence-electron chi connectivity index (χ3n) is 3.41. The van der Waals surface area contributed by atoms with E-state index in [9.17, 15) is 4.79 Å². The number of carbonyl (C=O) groups is 1. The molecule has 18 heavy (non-hydrogen) atoms. The summed E-state index contributed by atoms with van der Waals surface area (Å²) in [5, 5.41) is 12.2. The number of rotatable bonds is 3. The van der Waals surface area contributed by atoms with Gasteiger partial charge in [0.15, 0.2) is 0 Å². The highest BCUT2D eigenvalue weighted by atomic mass is 16.4. The molecule has 2 N–H and O–H groups in total. The van der Waals surface area contributed by atoms with Gasteiger partial charge in [-0.3, -0.25) is 4.79 Å². The van der Waals surface area contributed by atoms with Gasteiger partial charge in [-0.2, -0.15) is 0 Å². The molecule has 0 saturated carbocycles. The number of aryl methyl sites for hydroxylation is 1. The van der Waals surface area contributed by atoms with Gasteiger partial charge in [0.25, 0.3) is 0 Å². The van der Waals surface area contributed by atoms with Crippen molar-refractivity contribution >= 4 is 11.7 Å². The Kier molecular flexibility index (Phi) is 3.87. The molecule has 0 aromatic heterocycles. The maximum atomic E-state index is 10.8. The molecule has 1 saturated heterocycles. The molecule has 1 aliphatic heterocycles. The van der Waals surface area contributed by atoms with E-state index in [1.54, 1.807) is 0 Å². The largest absolute Gasteiger partial charge is 0.481 e. The van der Waals surface area contributed by atoms with Crippen LogP contribution in [0, 0.1) is 6.92 Å². The molecule has 1 fully saturated rings. The first kappa shape index (κ1) is 12.9. The van der Waals surface area contributed by atoms with Gasteiger partial charge >= 0.3 is 5.97 Å². The average molecular weight is 248 g/mol. The molecule has 0 spiro atoms. The highest BCUT2D eigenvalue weighted by Crippen LogP contribution is 2.21. The summed E-state index contributed by atoms with van der Waals surface area (Å²) < 4.78 is 0. The highest BCUT2D eigenvalue weighted by Gasteiger charge is 2.26. The lowest BCUT2D eigenvalue weighted by atomic mass is 10.1. The Labute approximate surface area is 108 Å². The van der Waals surface area contributed by atoms with Crippen molar-refractivity contribution in [3.05, 3.63) is 29.8 Å². The molecule has 2 atom stereocenters. The van der Waals surface area contributed by atoms with Gasteiger partial charge in [0.05, 0.1) is 6.42 Å². The Morgan fingerprint density at radius 2 is 2.33 bits per heavy atom. The first-order valence-corrected chi connectivity index (χ1v) is 6.35. The third kappa shape index (κ3) is 3.01. The van der Waals surface area contributed by atoms with Gasteiger partial charge in [0.1, 0.15) is 0 Å². The molecule has 4 heteroatoms. The van der Waals surface area contributed by atoms with Crippen LogP contribution in [0.1, 0.15) is 18.9 Å². The molecular formula is C14H20N2O2. The molecule has 0 bridgehead atoms. The van der Waals surface area contributed by atoms with Crippen molar-refractivity contribution < 1.29 is 9.90 Å². The Bertz CT molecular complexity index is 434. The van der Waals surface area contributed by atoms with Crippen molar-refractivity contribution in [2.24, 2.45) is 0 Å². The minimum absolute atomic E-state index is 0.0270. The standard InChI is InChI=1S/C14H20N2O2/c1-10-4-3-5-13(6-10)16-9-12(7-14(17)18)15-8-11(16)2/h3-6,11-12,15H,7-9H2,1-2H3,(H,17,18). The van der Waals surface area contributed by atoms with E-state index in [-0.39, 0.29) is 12.5 Å². The van der Waals surface area contributed by atoms with E-state index in [4.69, 9.17) is 5.11 Å². The molecule has 1 aromatic rings. The van der Waals surface area contributed by atoms with Gasteiger partial charge in [-0.05, 0) is 31.5 Å². The molecule has 2 unspecified atom stereocenters. The summed E-state index contributed by atoms with van der Waals surface area (Å²) >= 11 is 0. The van der Waals surface area contributed by atoms with Crippen LogP contribution >= 0.6 is 0 Å². The Balaban J connectivity index is 2.12. The first-order chi connectivity index (χ1) is 8.56. The molecule has 1 aliphatic rings. The van der Waals surface area contributed by atoms with Gasteiger partial charge < -0.3 is 15.3 Å². The maximum absolute atomic E-state index is 10.8. The summed E-state index contributed by atoms with van der Waals surface area (Å²) in [6.45, 7) is 5.81. The van der Waals surface area contributed by atoms with Gasteiger partial charge in [-0.15, -0.1) is 0 Å². The van der Waals surface area contributed by atoms with E-state index < -0.39 is 5.97 Å². The Morgan fingerprint density at radius 1 is 1.56 bits per heavy atom. The average Bonchev–Trinajstić information content (AvgIpc) is 2.31. The maximum Gasteiger partial charge on any atom is 0.304 e. The molecule has 2 rings (SSSR count). The third-order valence-corrected chi connectivity index (χ3v) is 3.41. The molecular weight excluding hydrogens is 228 g/mol. The van der Waals surface area contributed by atoms with Gasteiger partial charge in [-0.25, -0.2) is 0 Å². The molecule has 98 valence electrons. The zero-order valence-corrected chi connectivity index (χ0v) is 10.9. The SMILES string of the molecule is Cc1cccc(N2CC(CC(=O)O)NCC2C)c1. The Hall–Kier alpha value is -1.55. The second-order valence-electron chi connectivity index (χ2n) is 5.04. The number of hydrogen-bond donors (Lipinski definition) is 2. The molecule has 4 nitrogen and oxygen atoms in total. The fourth-order valence-electron chi connectivity index (χ4n) is 2.44. The van der Waals surface area contributed by atoms with E-state index in [1.807, 2.05) is 6.07 Å². The number of anilines is 1. The summed E-state index contributed by atoms with van der Waals surface area (Å²) in [5.74, 6) is -0.744. The van der Waals surface area contributed by atoms with Crippen LogP contribution in [0.25, 0.3) is 0 Å². The molecule has 0 aliphatic carbocycles. The number of nitrogens with one attached hydrogen (secondary N) is 1. The van der Waals surface area contributed by atoms with Gasteiger partial charge in [-0.1, -0.05) is 12.1 Å². The van der Waals surface area contributed by atoms with E-state index in [2.05, 4.69) is 42.3 Å². The van der Waals surface area contributed by atoms with E-state index in [0.29, 0.717) is 6.04 Å². The number of aliphatic carboxylic acids is 1. The topological polar surface area (TPSA) is 52.6 Å². The van der Waals surface area contributed by atoms with Crippen LogP contribution in [0.5, 0.6) is 0 Å². The van der Waals surface area contributed by atoms with Crippen molar-refractivity contribution in [2.75, 3.05) is 18.0 Å². The fourth-order valence-corrected chi connectivity index (χ4v) is 2.44. The normalized spacial score (nSPS) is 24.0. The number of benzene rings is 1. The van der Waals surface area contributed by atoms with Crippen LogP contribution in [0.4, 0.5) is 5.69 Å². The van der Waals surface area contributed by atoms with Crippen LogP contribution < -0.4 is 10.2 Å². The quantitative estimate of drug-likeness (QED) is 0.854. The molecule has 1 aromatic carbocycles. The van der Waals surface area contributed by atoms with Crippen LogP contribution in [0.2, 0.25) is 0 Å². The number of piperazine rings is 1. The predicted octanol–water partition coefficient (Wildman–Crippen LogP) is 1.64. The minimum atomic E-state index is -0.744. The second kappa shape index (κ2) is 5.40. The molecule has 0 radical (unpaired) electrons. The number of hydrogen-bond acceptors (Lipinski definition) is 3. The van der Waals surface area contributed by atoms with Crippen molar-refractivity contribution in [3.8, 4) is 0 Å². The lowest BCUT2D eigenvalue weighted by molar-refractivity contribution is -0.137. The summed E-state index contributed by atoms with van der Waals surface area (Å²) in [7, 11) is 0. The van der Waals surface area contributed by atoms with Crippen LogP contribution in [0.15, 0.2) is 24.3 Å².